The average Bonchev–Trinajstić information content (AvgIpc) is 3.24. The Hall–Kier alpha value is -2.26. The molecule has 8 nitrogen and oxygen atoms in total. The van der Waals surface area contributed by atoms with Crippen molar-refractivity contribution < 1.29 is 13.2 Å². The van der Waals surface area contributed by atoms with Gasteiger partial charge in [-0.3, -0.25) is 14.7 Å². The highest BCUT2D eigenvalue weighted by atomic mass is 32.2. The first-order valence-corrected chi connectivity index (χ1v) is 11.0. The van der Waals surface area contributed by atoms with Crippen molar-refractivity contribution in [1.82, 2.24) is 24.3 Å². The molecule has 2 atom stereocenters. The molecule has 2 aromatic heterocycles. The van der Waals surface area contributed by atoms with Crippen molar-refractivity contribution in [2.24, 2.45) is 0 Å². The molecular formula is C18H23N5O3S. The normalized spacial score (nSPS) is 24.7. The summed E-state index contributed by atoms with van der Waals surface area (Å²) in [5, 5.41) is 0. The number of hydrogen-bond donors (Lipinski definition) is 0. The third kappa shape index (κ3) is 3.49. The minimum absolute atomic E-state index is 0.00889. The number of pyridine rings is 1. The smallest absolute Gasteiger partial charge is 0.272 e. The fraction of sp³-hybridized carbons (Fsp3) is 0.500. The van der Waals surface area contributed by atoms with Gasteiger partial charge in [-0.2, -0.15) is 0 Å². The molecule has 2 fully saturated rings. The van der Waals surface area contributed by atoms with Gasteiger partial charge in [0.15, 0.2) is 9.84 Å². The summed E-state index contributed by atoms with van der Waals surface area (Å²) in [5.41, 5.74) is 0.357. The van der Waals surface area contributed by atoms with Crippen LogP contribution in [0.5, 0.6) is 0 Å². The van der Waals surface area contributed by atoms with Gasteiger partial charge in [0.25, 0.3) is 5.91 Å². The summed E-state index contributed by atoms with van der Waals surface area (Å²) >= 11 is 0. The Bertz CT molecular complexity index is 927. The maximum Gasteiger partial charge on any atom is 0.272 e. The molecule has 2 aromatic rings. The van der Waals surface area contributed by atoms with Crippen LogP contribution in [0.2, 0.25) is 0 Å². The number of carbonyl (C=O) groups excluding carboxylic acids is 1. The van der Waals surface area contributed by atoms with Crippen molar-refractivity contribution in [3.05, 3.63) is 48.3 Å². The van der Waals surface area contributed by atoms with Gasteiger partial charge in [-0.1, -0.05) is 6.07 Å². The van der Waals surface area contributed by atoms with Crippen LogP contribution < -0.4 is 0 Å². The monoisotopic (exact) mass is 389 g/mol. The van der Waals surface area contributed by atoms with Crippen LogP contribution in [0.1, 0.15) is 23.2 Å². The maximum atomic E-state index is 12.9. The van der Waals surface area contributed by atoms with Crippen LogP contribution in [-0.4, -0.2) is 75.3 Å². The Morgan fingerprint density at radius 2 is 1.96 bits per heavy atom. The van der Waals surface area contributed by atoms with Crippen molar-refractivity contribution in [1.29, 1.82) is 0 Å². The summed E-state index contributed by atoms with van der Waals surface area (Å²) in [6.45, 7) is 4.56. The van der Waals surface area contributed by atoms with Crippen LogP contribution in [0.3, 0.4) is 0 Å². The highest BCUT2D eigenvalue weighted by Gasteiger charge is 2.48. The molecule has 2 aliphatic rings. The molecule has 144 valence electrons. The summed E-state index contributed by atoms with van der Waals surface area (Å²) in [7, 11) is -3.19. The number of imidazole rings is 1. The zero-order valence-corrected chi connectivity index (χ0v) is 16.0. The molecule has 0 radical (unpaired) electrons. The highest BCUT2D eigenvalue weighted by molar-refractivity contribution is 7.91. The number of aryl methyl sites for hydroxylation is 1. The van der Waals surface area contributed by atoms with E-state index >= 15 is 0 Å². The molecule has 4 heterocycles. The number of sulfone groups is 1. The van der Waals surface area contributed by atoms with Crippen LogP contribution >= 0.6 is 0 Å². The lowest BCUT2D eigenvalue weighted by atomic mass is 10.0. The SMILES string of the molecule is CCn1ccnc1CN1CCN(C(=O)c2ccccn2)[C@@H]2CS(=O)(=O)C[C@@H]21. The second-order valence-electron chi connectivity index (χ2n) is 7.03. The van der Waals surface area contributed by atoms with Gasteiger partial charge >= 0.3 is 0 Å². The molecule has 0 aliphatic carbocycles. The van der Waals surface area contributed by atoms with Crippen molar-refractivity contribution in [2.75, 3.05) is 24.6 Å². The first kappa shape index (κ1) is 18.1. The third-order valence-corrected chi connectivity index (χ3v) is 7.12. The van der Waals surface area contributed by atoms with Crippen LogP contribution in [0.15, 0.2) is 36.8 Å². The topological polar surface area (TPSA) is 88.4 Å². The van der Waals surface area contributed by atoms with E-state index in [-0.39, 0.29) is 29.5 Å². The Balaban J connectivity index is 1.59. The molecule has 4 rings (SSSR count). The number of aromatic nitrogens is 3. The van der Waals surface area contributed by atoms with Crippen LogP contribution in [-0.2, 0) is 22.9 Å². The van der Waals surface area contributed by atoms with Gasteiger partial charge in [0.2, 0.25) is 0 Å². The second-order valence-corrected chi connectivity index (χ2v) is 9.18. The standard InChI is InChI=1S/C18H23N5O3S/c1-2-21-8-7-20-17(21)11-22-9-10-23(16-13-27(25,26)12-15(16)22)18(24)14-5-3-4-6-19-14/h3-8,15-16H,2,9-13H2,1H3/t15-,16+/m0/s1. The predicted octanol–water partition coefficient (Wildman–Crippen LogP) is 0.422. The van der Waals surface area contributed by atoms with Crippen LogP contribution in [0.25, 0.3) is 0 Å². The fourth-order valence-electron chi connectivity index (χ4n) is 4.07. The Labute approximate surface area is 158 Å². The molecule has 2 aliphatic heterocycles. The Morgan fingerprint density at radius 1 is 1.15 bits per heavy atom. The molecular weight excluding hydrogens is 366 g/mol. The van der Waals surface area contributed by atoms with E-state index in [9.17, 15) is 13.2 Å². The van der Waals surface area contributed by atoms with Gasteiger partial charge in [0.05, 0.1) is 24.1 Å². The molecule has 27 heavy (non-hydrogen) atoms. The molecule has 0 aromatic carbocycles. The highest BCUT2D eigenvalue weighted by Crippen LogP contribution is 2.29. The minimum Gasteiger partial charge on any atom is -0.334 e. The summed E-state index contributed by atoms with van der Waals surface area (Å²) in [6.07, 6.45) is 5.28. The summed E-state index contributed by atoms with van der Waals surface area (Å²) in [4.78, 5) is 25.3. The maximum absolute atomic E-state index is 12.9. The van der Waals surface area contributed by atoms with E-state index in [1.165, 1.54) is 0 Å². The zero-order valence-electron chi connectivity index (χ0n) is 15.2. The number of nitrogens with zero attached hydrogens (tertiary/aromatic N) is 5. The molecule has 0 unspecified atom stereocenters. The largest absolute Gasteiger partial charge is 0.334 e. The molecule has 1 amide bonds. The van der Waals surface area contributed by atoms with Gasteiger partial charge in [-0.25, -0.2) is 13.4 Å². The number of piperazine rings is 1. The zero-order chi connectivity index (χ0) is 19.0. The lowest BCUT2D eigenvalue weighted by molar-refractivity contribution is 0.0290. The molecule has 0 saturated carbocycles. The first-order valence-electron chi connectivity index (χ1n) is 9.15. The lowest BCUT2D eigenvalue weighted by Crippen LogP contribution is -2.60. The van der Waals surface area contributed by atoms with E-state index in [0.717, 1.165) is 12.4 Å². The molecule has 0 N–H and O–H groups in total. The molecule has 0 bridgehead atoms. The number of hydrogen-bond acceptors (Lipinski definition) is 6. The lowest BCUT2D eigenvalue weighted by Gasteiger charge is -2.43. The van der Waals surface area contributed by atoms with Crippen molar-refractivity contribution >= 4 is 15.7 Å². The average molecular weight is 389 g/mol. The van der Waals surface area contributed by atoms with Crippen LogP contribution in [0, 0.1) is 0 Å². The van der Waals surface area contributed by atoms with Gasteiger partial charge < -0.3 is 9.47 Å². The van der Waals surface area contributed by atoms with Gasteiger partial charge in [0, 0.05) is 44.3 Å². The van der Waals surface area contributed by atoms with Gasteiger partial charge in [-0.05, 0) is 19.1 Å². The van der Waals surface area contributed by atoms with Crippen molar-refractivity contribution in [2.45, 2.75) is 32.1 Å². The number of fused-ring (bicyclic) bond motifs is 1. The third-order valence-electron chi connectivity index (χ3n) is 5.42. The van der Waals surface area contributed by atoms with Crippen molar-refractivity contribution in [3.8, 4) is 0 Å². The van der Waals surface area contributed by atoms with Gasteiger partial charge in [-0.15, -0.1) is 0 Å². The number of rotatable bonds is 4. The summed E-state index contributed by atoms with van der Waals surface area (Å²) in [6, 6.07) is 4.64. The van der Waals surface area contributed by atoms with Crippen LogP contribution in [0.4, 0.5) is 0 Å². The van der Waals surface area contributed by atoms with E-state index < -0.39 is 9.84 Å². The molecule has 9 heteroatoms. The van der Waals surface area contributed by atoms with E-state index in [0.29, 0.717) is 25.3 Å². The van der Waals surface area contributed by atoms with E-state index in [1.807, 2.05) is 6.20 Å². The van der Waals surface area contributed by atoms with Crippen molar-refractivity contribution in [3.63, 3.8) is 0 Å². The minimum atomic E-state index is -3.19. The van der Waals surface area contributed by atoms with E-state index in [2.05, 4.69) is 26.4 Å². The predicted molar refractivity (Wildman–Crippen MR) is 99.8 cm³/mol. The Kier molecular flexibility index (Phi) is 4.73. The van der Waals surface area contributed by atoms with E-state index in [4.69, 9.17) is 0 Å². The van der Waals surface area contributed by atoms with E-state index in [1.54, 1.807) is 35.5 Å². The summed E-state index contributed by atoms with van der Waals surface area (Å²) in [5.74, 6) is 0.813. The summed E-state index contributed by atoms with van der Waals surface area (Å²) < 4.78 is 26.8. The fourth-order valence-corrected chi connectivity index (χ4v) is 6.08. The molecule has 0 spiro atoms. The first-order chi connectivity index (χ1) is 13.0. The Morgan fingerprint density at radius 3 is 2.70 bits per heavy atom. The number of carbonyl (C=O) groups is 1. The second kappa shape index (κ2) is 7.05. The molecule has 2 saturated heterocycles. The number of amides is 1. The quantitative estimate of drug-likeness (QED) is 0.753. The van der Waals surface area contributed by atoms with Gasteiger partial charge in [0.1, 0.15) is 11.5 Å².